The first-order chi connectivity index (χ1) is 7.08. The summed E-state index contributed by atoms with van der Waals surface area (Å²) in [5.41, 5.74) is 2.47. The van der Waals surface area contributed by atoms with E-state index in [1.165, 1.54) is 5.56 Å². The minimum absolute atomic E-state index is 0.347. The molecule has 15 heavy (non-hydrogen) atoms. The molecule has 2 rings (SSSR count). The molecule has 0 amide bonds. The van der Waals surface area contributed by atoms with Gasteiger partial charge < -0.3 is 9.84 Å². The maximum atomic E-state index is 9.31. The highest BCUT2D eigenvalue weighted by atomic mass is 16.6. The molecular formula is C13H18O2. The van der Waals surface area contributed by atoms with Gasteiger partial charge in [-0.15, -0.1) is 0 Å². The van der Waals surface area contributed by atoms with Gasteiger partial charge >= 0.3 is 0 Å². The van der Waals surface area contributed by atoms with Gasteiger partial charge in [0.1, 0.15) is 5.75 Å². The predicted molar refractivity (Wildman–Crippen MR) is 60.0 cm³/mol. The highest BCUT2D eigenvalue weighted by Crippen LogP contribution is 2.31. The summed E-state index contributed by atoms with van der Waals surface area (Å²) in [5, 5.41) is 9.31. The van der Waals surface area contributed by atoms with Gasteiger partial charge in [0.15, 0.2) is 0 Å². The Morgan fingerprint density at radius 1 is 1.47 bits per heavy atom. The van der Waals surface area contributed by atoms with E-state index < -0.39 is 0 Å². The molecule has 3 unspecified atom stereocenters. The standard InChI is InChI=1S/C13H18O2/c1-8-7-12(14)5-4-11(8)6-9(2)13-10(3)15-13/h4-5,7,9-10,13-14H,6H2,1-3H3. The van der Waals surface area contributed by atoms with Crippen LogP contribution in [0.5, 0.6) is 5.75 Å². The molecule has 1 aliphatic rings. The molecule has 2 nitrogen and oxygen atoms in total. The lowest BCUT2D eigenvalue weighted by Gasteiger charge is -2.11. The number of aryl methyl sites for hydroxylation is 1. The first-order valence-electron chi connectivity index (χ1n) is 5.52. The maximum Gasteiger partial charge on any atom is 0.115 e. The van der Waals surface area contributed by atoms with Crippen molar-refractivity contribution in [2.75, 3.05) is 0 Å². The lowest BCUT2D eigenvalue weighted by molar-refractivity contribution is 0.328. The zero-order chi connectivity index (χ0) is 11.0. The highest BCUT2D eigenvalue weighted by molar-refractivity contribution is 5.34. The number of phenolic OH excluding ortho intramolecular Hbond substituents is 1. The number of phenols is 1. The minimum Gasteiger partial charge on any atom is -0.508 e. The van der Waals surface area contributed by atoms with Gasteiger partial charge in [0.25, 0.3) is 0 Å². The third-order valence-electron chi connectivity index (χ3n) is 3.19. The number of hydrogen-bond donors (Lipinski definition) is 1. The van der Waals surface area contributed by atoms with Crippen molar-refractivity contribution >= 4 is 0 Å². The molecule has 2 heteroatoms. The molecule has 0 radical (unpaired) electrons. The van der Waals surface area contributed by atoms with Crippen molar-refractivity contribution in [2.24, 2.45) is 5.92 Å². The van der Waals surface area contributed by atoms with Crippen LogP contribution in [0.1, 0.15) is 25.0 Å². The van der Waals surface area contributed by atoms with Crippen molar-refractivity contribution in [1.82, 2.24) is 0 Å². The second-order valence-electron chi connectivity index (χ2n) is 4.60. The normalized spacial score (nSPS) is 26.3. The van der Waals surface area contributed by atoms with Crippen molar-refractivity contribution in [1.29, 1.82) is 0 Å². The maximum absolute atomic E-state index is 9.31. The van der Waals surface area contributed by atoms with Gasteiger partial charge in [-0.05, 0) is 49.4 Å². The quantitative estimate of drug-likeness (QED) is 0.771. The Labute approximate surface area is 90.9 Å². The van der Waals surface area contributed by atoms with Gasteiger partial charge in [-0.3, -0.25) is 0 Å². The molecule has 1 aromatic rings. The lowest BCUT2D eigenvalue weighted by atomic mass is 9.94. The van der Waals surface area contributed by atoms with E-state index in [1.807, 2.05) is 19.1 Å². The fourth-order valence-electron chi connectivity index (χ4n) is 2.17. The monoisotopic (exact) mass is 206 g/mol. The minimum atomic E-state index is 0.347. The van der Waals surface area contributed by atoms with E-state index in [1.54, 1.807) is 6.07 Å². The average Bonchev–Trinajstić information content (AvgIpc) is 2.88. The van der Waals surface area contributed by atoms with Crippen LogP contribution < -0.4 is 0 Å². The Bertz CT molecular complexity index is 360. The van der Waals surface area contributed by atoms with E-state index in [0.717, 1.165) is 12.0 Å². The van der Waals surface area contributed by atoms with Gasteiger partial charge in [-0.25, -0.2) is 0 Å². The summed E-state index contributed by atoms with van der Waals surface area (Å²) in [6, 6.07) is 5.58. The summed E-state index contributed by atoms with van der Waals surface area (Å²) in [6.45, 7) is 6.38. The van der Waals surface area contributed by atoms with E-state index in [9.17, 15) is 5.11 Å². The molecule has 0 spiro atoms. The number of ether oxygens (including phenoxy) is 1. The molecule has 3 atom stereocenters. The van der Waals surface area contributed by atoms with Crippen LogP contribution >= 0.6 is 0 Å². The average molecular weight is 206 g/mol. The summed E-state index contributed by atoms with van der Waals surface area (Å²) in [4.78, 5) is 0. The van der Waals surface area contributed by atoms with E-state index in [-0.39, 0.29) is 0 Å². The smallest absolute Gasteiger partial charge is 0.115 e. The molecule has 1 aliphatic heterocycles. The molecule has 0 aromatic heterocycles. The van der Waals surface area contributed by atoms with Gasteiger partial charge in [0.05, 0.1) is 12.2 Å². The van der Waals surface area contributed by atoms with Gasteiger partial charge in [0.2, 0.25) is 0 Å². The summed E-state index contributed by atoms with van der Waals surface area (Å²) in [6.07, 6.45) is 1.89. The van der Waals surface area contributed by atoms with E-state index in [2.05, 4.69) is 13.8 Å². The number of aromatic hydroxyl groups is 1. The van der Waals surface area contributed by atoms with Crippen LogP contribution in [0.15, 0.2) is 18.2 Å². The van der Waals surface area contributed by atoms with Crippen LogP contribution in [-0.4, -0.2) is 17.3 Å². The largest absolute Gasteiger partial charge is 0.508 e. The zero-order valence-corrected chi connectivity index (χ0v) is 9.53. The second-order valence-corrected chi connectivity index (χ2v) is 4.60. The van der Waals surface area contributed by atoms with Crippen LogP contribution in [0.4, 0.5) is 0 Å². The molecule has 1 heterocycles. The first kappa shape index (κ1) is 10.5. The first-order valence-corrected chi connectivity index (χ1v) is 5.52. The van der Waals surface area contributed by atoms with Crippen molar-refractivity contribution in [2.45, 2.75) is 39.4 Å². The summed E-state index contributed by atoms with van der Waals surface area (Å²) in [7, 11) is 0. The number of rotatable bonds is 3. The fourth-order valence-corrected chi connectivity index (χ4v) is 2.17. The second kappa shape index (κ2) is 3.86. The van der Waals surface area contributed by atoms with Gasteiger partial charge in [-0.1, -0.05) is 13.0 Å². The topological polar surface area (TPSA) is 32.8 Å². The Balaban J connectivity index is 2.04. The van der Waals surface area contributed by atoms with Crippen LogP contribution in [0.25, 0.3) is 0 Å². The van der Waals surface area contributed by atoms with E-state index >= 15 is 0 Å². The molecular weight excluding hydrogens is 188 g/mol. The molecule has 1 saturated heterocycles. The van der Waals surface area contributed by atoms with Crippen LogP contribution in [0, 0.1) is 12.8 Å². The third-order valence-corrected chi connectivity index (χ3v) is 3.19. The molecule has 1 aromatic carbocycles. The molecule has 82 valence electrons. The van der Waals surface area contributed by atoms with Crippen LogP contribution in [0.2, 0.25) is 0 Å². The molecule has 0 aliphatic carbocycles. The Morgan fingerprint density at radius 3 is 2.67 bits per heavy atom. The van der Waals surface area contributed by atoms with Crippen molar-refractivity contribution in [3.63, 3.8) is 0 Å². The SMILES string of the molecule is Cc1cc(O)ccc1CC(C)C1OC1C. The van der Waals surface area contributed by atoms with Crippen molar-refractivity contribution in [3.8, 4) is 5.75 Å². The van der Waals surface area contributed by atoms with Crippen LogP contribution in [0.3, 0.4) is 0 Å². The summed E-state index contributed by atoms with van der Waals surface area (Å²) < 4.78 is 5.47. The Morgan fingerprint density at radius 2 is 2.13 bits per heavy atom. The number of hydrogen-bond acceptors (Lipinski definition) is 2. The molecule has 0 saturated carbocycles. The summed E-state index contributed by atoms with van der Waals surface area (Å²) in [5.74, 6) is 0.906. The van der Waals surface area contributed by atoms with Gasteiger partial charge in [-0.2, -0.15) is 0 Å². The molecule has 1 fully saturated rings. The van der Waals surface area contributed by atoms with Crippen LogP contribution in [-0.2, 0) is 11.2 Å². The summed E-state index contributed by atoms with van der Waals surface area (Å²) >= 11 is 0. The van der Waals surface area contributed by atoms with Gasteiger partial charge in [0, 0.05) is 0 Å². The predicted octanol–water partition coefficient (Wildman–Crippen LogP) is 2.67. The van der Waals surface area contributed by atoms with Crippen molar-refractivity contribution < 1.29 is 9.84 Å². The van der Waals surface area contributed by atoms with E-state index in [4.69, 9.17) is 4.74 Å². The molecule has 0 bridgehead atoms. The van der Waals surface area contributed by atoms with Crippen molar-refractivity contribution in [3.05, 3.63) is 29.3 Å². The Hall–Kier alpha value is -1.02. The number of benzene rings is 1. The highest BCUT2D eigenvalue weighted by Gasteiger charge is 2.38. The zero-order valence-electron chi connectivity index (χ0n) is 9.53. The third kappa shape index (κ3) is 2.32. The van der Waals surface area contributed by atoms with E-state index in [0.29, 0.717) is 23.9 Å². The Kier molecular flexibility index (Phi) is 2.70. The fraction of sp³-hybridized carbons (Fsp3) is 0.538. The molecule has 1 N–H and O–H groups in total. The lowest BCUT2D eigenvalue weighted by Crippen LogP contribution is -2.09. The number of epoxide rings is 1.